The normalized spacial score (nSPS) is 16.8. The maximum atomic E-state index is 11.6. The van der Waals surface area contributed by atoms with Crippen molar-refractivity contribution in [2.45, 2.75) is 13.8 Å². The first-order chi connectivity index (χ1) is 7.58. The lowest BCUT2D eigenvalue weighted by Gasteiger charge is -2.25. The zero-order valence-corrected chi connectivity index (χ0v) is 9.32. The van der Waals surface area contributed by atoms with Gasteiger partial charge in [0.25, 0.3) is 11.8 Å². The first-order valence-electron chi connectivity index (χ1n) is 5.10. The molecule has 4 nitrogen and oxygen atoms in total. The van der Waals surface area contributed by atoms with Gasteiger partial charge < -0.3 is 4.74 Å². The minimum Gasteiger partial charge on any atom is -0.362 e. The highest BCUT2D eigenvalue weighted by molar-refractivity contribution is 6.17. The van der Waals surface area contributed by atoms with E-state index < -0.39 is 0 Å². The topological polar surface area (TPSA) is 46.6 Å². The van der Waals surface area contributed by atoms with Crippen LogP contribution in [0.1, 0.15) is 11.1 Å². The van der Waals surface area contributed by atoms with E-state index in [9.17, 15) is 9.59 Å². The second kappa shape index (κ2) is 4.06. The fourth-order valence-electron chi connectivity index (χ4n) is 1.86. The summed E-state index contributed by atoms with van der Waals surface area (Å²) in [6, 6.07) is 5.65. The average Bonchev–Trinajstić information content (AvgIpc) is 2.15. The highest BCUT2D eigenvalue weighted by Gasteiger charge is 2.28. The molecule has 0 aliphatic carbocycles. The Morgan fingerprint density at radius 3 is 2.00 bits per heavy atom. The lowest BCUT2D eigenvalue weighted by atomic mass is 10.1. The van der Waals surface area contributed by atoms with Gasteiger partial charge in [-0.15, -0.1) is 0 Å². The van der Waals surface area contributed by atoms with Crippen molar-refractivity contribution in [1.29, 1.82) is 0 Å². The molecule has 0 atom stereocenters. The van der Waals surface area contributed by atoms with Crippen molar-refractivity contribution in [2.75, 3.05) is 18.1 Å². The molecule has 4 heteroatoms. The van der Waals surface area contributed by atoms with Crippen molar-refractivity contribution in [1.82, 2.24) is 0 Å². The molecule has 0 aromatic heterocycles. The van der Waals surface area contributed by atoms with Gasteiger partial charge in [-0.1, -0.05) is 6.07 Å². The van der Waals surface area contributed by atoms with Crippen LogP contribution in [0, 0.1) is 13.8 Å². The van der Waals surface area contributed by atoms with Crippen LogP contribution in [0.3, 0.4) is 0 Å². The summed E-state index contributed by atoms with van der Waals surface area (Å²) in [4.78, 5) is 24.4. The van der Waals surface area contributed by atoms with Crippen molar-refractivity contribution in [3.8, 4) is 0 Å². The van der Waals surface area contributed by atoms with E-state index in [1.54, 1.807) is 0 Å². The van der Waals surface area contributed by atoms with Gasteiger partial charge in [-0.2, -0.15) is 0 Å². The van der Waals surface area contributed by atoms with Crippen LogP contribution in [0.2, 0.25) is 0 Å². The van der Waals surface area contributed by atoms with Gasteiger partial charge in [0.05, 0.1) is 5.69 Å². The van der Waals surface area contributed by atoms with Crippen LogP contribution in [0.15, 0.2) is 18.2 Å². The monoisotopic (exact) mass is 219 g/mol. The Hall–Kier alpha value is -1.68. The summed E-state index contributed by atoms with van der Waals surface area (Å²) in [6.07, 6.45) is 0. The number of morpholine rings is 1. The Balaban J connectivity index is 2.41. The van der Waals surface area contributed by atoms with Crippen LogP contribution in [-0.2, 0) is 14.3 Å². The number of carbonyl (C=O) groups is 2. The van der Waals surface area contributed by atoms with Crippen molar-refractivity contribution in [3.05, 3.63) is 29.3 Å². The number of imide groups is 1. The van der Waals surface area contributed by atoms with Gasteiger partial charge in [0.1, 0.15) is 13.2 Å². The highest BCUT2D eigenvalue weighted by atomic mass is 16.5. The Morgan fingerprint density at radius 2 is 1.50 bits per heavy atom. The van der Waals surface area contributed by atoms with Crippen molar-refractivity contribution < 1.29 is 14.3 Å². The number of aryl methyl sites for hydroxylation is 2. The maximum absolute atomic E-state index is 11.6. The SMILES string of the molecule is Cc1cc(C)cc(N2C(=O)COCC2=O)c1. The summed E-state index contributed by atoms with van der Waals surface area (Å²) >= 11 is 0. The third kappa shape index (κ3) is 1.97. The first-order valence-corrected chi connectivity index (χ1v) is 5.10. The molecule has 0 bridgehead atoms. The van der Waals surface area contributed by atoms with E-state index in [0.717, 1.165) is 11.1 Å². The minimum atomic E-state index is -0.304. The van der Waals surface area contributed by atoms with E-state index in [1.807, 2.05) is 32.0 Å². The van der Waals surface area contributed by atoms with Crippen LogP contribution in [0.4, 0.5) is 5.69 Å². The molecule has 1 aliphatic heterocycles. The fourth-order valence-corrected chi connectivity index (χ4v) is 1.86. The molecule has 1 heterocycles. The Morgan fingerprint density at radius 1 is 1.00 bits per heavy atom. The molecule has 2 rings (SSSR count). The molecule has 0 saturated carbocycles. The number of ether oxygens (including phenoxy) is 1. The molecule has 0 unspecified atom stereocenters. The Kier molecular flexibility index (Phi) is 2.75. The number of anilines is 1. The molecule has 1 aromatic rings. The third-order valence-corrected chi connectivity index (χ3v) is 2.41. The van der Waals surface area contributed by atoms with E-state index >= 15 is 0 Å². The van der Waals surface area contributed by atoms with E-state index in [-0.39, 0.29) is 25.0 Å². The lowest BCUT2D eigenvalue weighted by molar-refractivity contribution is -0.138. The van der Waals surface area contributed by atoms with Crippen molar-refractivity contribution in [3.63, 3.8) is 0 Å². The van der Waals surface area contributed by atoms with Gasteiger partial charge in [-0.05, 0) is 37.1 Å². The molecular formula is C12H13NO3. The number of nitrogens with zero attached hydrogens (tertiary/aromatic N) is 1. The fraction of sp³-hybridized carbons (Fsp3) is 0.333. The second-order valence-corrected chi connectivity index (χ2v) is 3.96. The number of rotatable bonds is 1. The first kappa shape index (κ1) is 10.8. The molecule has 1 aliphatic rings. The molecule has 0 spiro atoms. The third-order valence-electron chi connectivity index (χ3n) is 2.41. The predicted octanol–water partition coefficient (Wildman–Crippen LogP) is 1.19. The summed E-state index contributed by atoms with van der Waals surface area (Å²) in [6.45, 7) is 3.81. The Bertz CT molecular complexity index is 417. The van der Waals surface area contributed by atoms with Crippen molar-refractivity contribution in [2.24, 2.45) is 0 Å². The zero-order valence-electron chi connectivity index (χ0n) is 9.32. The van der Waals surface area contributed by atoms with E-state index in [4.69, 9.17) is 4.74 Å². The van der Waals surface area contributed by atoms with Crippen LogP contribution in [-0.4, -0.2) is 25.0 Å². The van der Waals surface area contributed by atoms with Gasteiger partial charge in [-0.3, -0.25) is 9.59 Å². The number of carbonyl (C=O) groups excluding carboxylic acids is 2. The number of amides is 2. The minimum absolute atomic E-state index is 0.0290. The van der Waals surface area contributed by atoms with Gasteiger partial charge in [-0.25, -0.2) is 4.90 Å². The molecule has 1 saturated heterocycles. The van der Waals surface area contributed by atoms with Gasteiger partial charge in [0, 0.05) is 0 Å². The summed E-state index contributed by atoms with van der Waals surface area (Å²) in [5.41, 5.74) is 2.69. The molecule has 0 radical (unpaired) electrons. The summed E-state index contributed by atoms with van der Waals surface area (Å²) in [5.74, 6) is -0.609. The van der Waals surface area contributed by atoms with Crippen LogP contribution in [0.5, 0.6) is 0 Å². The number of benzene rings is 1. The molecular weight excluding hydrogens is 206 g/mol. The summed E-state index contributed by atoms with van der Waals surface area (Å²) < 4.78 is 4.87. The average molecular weight is 219 g/mol. The standard InChI is InChI=1S/C12H13NO3/c1-8-3-9(2)5-10(4-8)13-11(14)6-16-7-12(13)15/h3-5H,6-7H2,1-2H3. The maximum Gasteiger partial charge on any atom is 0.259 e. The van der Waals surface area contributed by atoms with Gasteiger partial charge in [0.2, 0.25) is 0 Å². The molecule has 1 aromatic carbocycles. The summed E-state index contributed by atoms with van der Waals surface area (Å²) in [7, 11) is 0. The number of hydrogen-bond donors (Lipinski definition) is 0. The molecule has 1 fully saturated rings. The zero-order chi connectivity index (χ0) is 11.7. The quantitative estimate of drug-likeness (QED) is 0.666. The molecule has 16 heavy (non-hydrogen) atoms. The molecule has 84 valence electrons. The predicted molar refractivity (Wildman–Crippen MR) is 59.2 cm³/mol. The van der Waals surface area contributed by atoms with Crippen LogP contribution < -0.4 is 4.90 Å². The largest absolute Gasteiger partial charge is 0.362 e. The Labute approximate surface area is 93.8 Å². The van der Waals surface area contributed by atoms with E-state index in [0.29, 0.717) is 5.69 Å². The van der Waals surface area contributed by atoms with Crippen LogP contribution in [0.25, 0.3) is 0 Å². The lowest BCUT2D eigenvalue weighted by Crippen LogP contribution is -2.46. The second-order valence-electron chi connectivity index (χ2n) is 3.96. The van der Waals surface area contributed by atoms with E-state index in [2.05, 4.69) is 0 Å². The van der Waals surface area contributed by atoms with Gasteiger partial charge >= 0.3 is 0 Å². The molecule has 2 amide bonds. The smallest absolute Gasteiger partial charge is 0.259 e. The molecule has 0 N–H and O–H groups in total. The van der Waals surface area contributed by atoms with Crippen LogP contribution >= 0.6 is 0 Å². The highest BCUT2D eigenvalue weighted by Crippen LogP contribution is 2.20. The van der Waals surface area contributed by atoms with E-state index in [1.165, 1.54) is 4.90 Å². The summed E-state index contributed by atoms with van der Waals surface area (Å²) in [5, 5.41) is 0. The number of hydrogen-bond acceptors (Lipinski definition) is 3. The van der Waals surface area contributed by atoms with Gasteiger partial charge in [0.15, 0.2) is 0 Å². The van der Waals surface area contributed by atoms with Crippen molar-refractivity contribution >= 4 is 17.5 Å².